The van der Waals surface area contributed by atoms with E-state index in [-0.39, 0.29) is 12.5 Å². The maximum absolute atomic E-state index is 11.8. The standard InChI is InChI=1S/C15H27NO4/c1-3-4-5-10-20-11-13(17)16-15(14(18)19)8-6-12(2)7-9-15/h12H,3-11H2,1-2H3,(H,16,17)(H,18,19). The molecular weight excluding hydrogens is 258 g/mol. The Morgan fingerprint density at radius 2 is 1.95 bits per heavy atom. The number of hydrogen-bond acceptors (Lipinski definition) is 3. The molecule has 0 saturated heterocycles. The van der Waals surface area contributed by atoms with E-state index >= 15 is 0 Å². The highest BCUT2D eigenvalue weighted by Gasteiger charge is 2.42. The van der Waals surface area contributed by atoms with Crippen LogP contribution in [0.3, 0.4) is 0 Å². The lowest BCUT2D eigenvalue weighted by Crippen LogP contribution is -2.57. The summed E-state index contributed by atoms with van der Waals surface area (Å²) in [4.78, 5) is 23.3. The molecule has 1 fully saturated rings. The van der Waals surface area contributed by atoms with E-state index in [0.29, 0.717) is 25.4 Å². The third-order valence-electron chi connectivity index (χ3n) is 4.04. The first kappa shape index (κ1) is 17.0. The van der Waals surface area contributed by atoms with Gasteiger partial charge in [0.15, 0.2) is 0 Å². The highest BCUT2D eigenvalue weighted by Crippen LogP contribution is 2.32. The molecule has 1 rings (SSSR count). The van der Waals surface area contributed by atoms with Crippen molar-refractivity contribution < 1.29 is 19.4 Å². The molecule has 0 bridgehead atoms. The summed E-state index contributed by atoms with van der Waals surface area (Å²) in [5, 5.41) is 12.1. The fourth-order valence-corrected chi connectivity index (χ4v) is 2.57. The minimum atomic E-state index is -1.09. The lowest BCUT2D eigenvalue weighted by Gasteiger charge is -2.36. The molecule has 1 aliphatic rings. The summed E-state index contributed by atoms with van der Waals surface area (Å²) in [6.45, 7) is 4.73. The van der Waals surface area contributed by atoms with Crippen LogP contribution in [0.2, 0.25) is 0 Å². The van der Waals surface area contributed by atoms with Crippen LogP contribution in [0.5, 0.6) is 0 Å². The molecule has 0 aromatic rings. The van der Waals surface area contributed by atoms with Crippen LogP contribution < -0.4 is 5.32 Å². The number of hydrogen-bond donors (Lipinski definition) is 2. The van der Waals surface area contributed by atoms with Gasteiger partial charge >= 0.3 is 5.97 Å². The quantitative estimate of drug-likeness (QED) is 0.671. The van der Waals surface area contributed by atoms with Crippen LogP contribution in [0.1, 0.15) is 58.8 Å². The molecule has 0 radical (unpaired) electrons. The molecule has 0 heterocycles. The van der Waals surface area contributed by atoms with E-state index in [2.05, 4.69) is 19.2 Å². The molecule has 0 aliphatic heterocycles. The number of carbonyl (C=O) groups excluding carboxylic acids is 1. The average Bonchev–Trinajstić information content (AvgIpc) is 2.41. The first-order valence-corrected chi connectivity index (χ1v) is 7.62. The number of carbonyl (C=O) groups is 2. The maximum Gasteiger partial charge on any atom is 0.329 e. The van der Waals surface area contributed by atoms with E-state index in [1.807, 2.05) is 0 Å². The second-order valence-corrected chi connectivity index (χ2v) is 5.88. The van der Waals surface area contributed by atoms with E-state index in [4.69, 9.17) is 4.74 Å². The minimum absolute atomic E-state index is 0.0473. The number of carboxylic acids is 1. The zero-order valence-corrected chi connectivity index (χ0v) is 12.6. The molecular formula is C15H27NO4. The van der Waals surface area contributed by atoms with Crippen LogP contribution >= 0.6 is 0 Å². The van der Waals surface area contributed by atoms with Crippen molar-refractivity contribution in [3.8, 4) is 0 Å². The van der Waals surface area contributed by atoms with Gasteiger partial charge in [0.2, 0.25) is 5.91 Å². The van der Waals surface area contributed by atoms with E-state index in [1.165, 1.54) is 0 Å². The van der Waals surface area contributed by atoms with Gasteiger partial charge in [-0.1, -0.05) is 26.7 Å². The predicted octanol–water partition coefficient (Wildman–Crippen LogP) is 2.34. The van der Waals surface area contributed by atoms with Crippen molar-refractivity contribution in [3.63, 3.8) is 0 Å². The van der Waals surface area contributed by atoms with Gasteiger partial charge in [0.1, 0.15) is 12.1 Å². The molecule has 0 spiro atoms. The summed E-state index contributed by atoms with van der Waals surface area (Å²) in [5.74, 6) is -0.716. The summed E-state index contributed by atoms with van der Waals surface area (Å²) in [6, 6.07) is 0. The number of aliphatic carboxylic acids is 1. The van der Waals surface area contributed by atoms with Gasteiger partial charge in [-0.2, -0.15) is 0 Å². The van der Waals surface area contributed by atoms with Crippen LogP contribution in [0.4, 0.5) is 0 Å². The van der Waals surface area contributed by atoms with Gasteiger partial charge in [-0.15, -0.1) is 0 Å². The van der Waals surface area contributed by atoms with Gasteiger partial charge in [-0.3, -0.25) is 4.79 Å². The second-order valence-electron chi connectivity index (χ2n) is 5.88. The van der Waals surface area contributed by atoms with Gasteiger partial charge in [0.25, 0.3) is 0 Å². The SMILES string of the molecule is CCCCCOCC(=O)NC1(C(=O)O)CCC(C)CC1. The van der Waals surface area contributed by atoms with Crippen LogP contribution in [0.25, 0.3) is 0 Å². The molecule has 0 aromatic carbocycles. The first-order valence-electron chi connectivity index (χ1n) is 7.62. The summed E-state index contributed by atoms with van der Waals surface area (Å²) in [6.07, 6.45) is 5.81. The van der Waals surface area contributed by atoms with Crippen LogP contribution in [-0.2, 0) is 14.3 Å². The summed E-state index contributed by atoms with van der Waals surface area (Å²) < 4.78 is 5.28. The zero-order valence-electron chi connectivity index (χ0n) is 12.6. The third-order valence-corrected chi connectivity index (χ3v) is 4.04. The fraction of sp³-hybridized carbons (Fsp3) is 0.867. The lowest BCUT2D eigenvalue weighted by molar-refractivity contribution is -0.150. The Bertz CT molecular complexity index is 322. The van der Waals surface area contributed by atoms with Crippen molar-refractivity contribution in [2.45, 2.75) is 64.3 Å². The van der Waals surface area contributed by atoms with Gasteiger partial charge < -0.3 is 15.2 Å². The summed E-state index contributed by atoms with van der Waals surface area (Å²) >= 11 is 0. The monoisotopic (exact) mass is 285 g/mol. The maximum atomic E-state index is 11.8. The third kappa shape index (κ3) is 5.12. The van der Waals surface area contributed by atoms with E-state index in [1.54, 1.807) is 0 Å². The normalized spacial score (nSPS) is 26.2. The Morgan fingerprint density at radius 1 is 1.30 bits per heavy atom. The Balaban J connectivity index is 2.38. The van der Waals surface area contributed by atoms with Gasteiger partial charge in [-0.25, -0.2) is 4.79 Å². The topological polar surface area (TPSA) is 75.6 Å². The average molecular weight is 285 g/mol. The Labute approximate surface area is 121 Å². The molecule has 2 N–H and O–H groups in total. The summed E-state index contributed by atoms with van der Waals surface area (Å²) in [5.41, 5.74) is -1.09. The molecule has 5 nitrogen and oxygen atoms in total. The van der Waals surface area contributed by atoms with Crippen LogP contribution in [-0.4, -0.2) is 35.7 Å². The van der Waals surface area contributed by atoms with E-state index < -0.39 is 11.5 Å². The molecule has 0 aromatic heterocycles. The second kappa shape index (κ2) is 8.25. The molecule has 1 amide bonds. The van der Waals surface area contributed by atoms with Crippen LogP contribution in [0.15, 0.2) is 0 Å². The molecule has 1 aliphatic carbocycles. The largest absolute Gasteiger partial charge is 0.480 e. The molecule has 0 unspecified atom stereocenters. The molecule has 20 heavy (non-hydrogen) atoms. The van der Waals surface area contributed by atoms with Crippen molar-refractivity contribution in [3.05, 3.63) is 0 Å². The number of ether oxygens (including phenoxy) is 1. The molecule has 5 heteroatoms. The van der Waals surface area contributed by atoms with Crippen LogP contribution in [0, 0.1) is 5.92 Å². The fourth-order valence-electron chi connectivity index (χ4n) is 2.57. The van der Waals surface area contributed by atoms with Crippen molar-refractivity contribution in [2.75, 3.05) is 13.2 Å². The minimum Gasteiger partial charge on any atom is -0.480 e. The smallest absolute Gasteiger partial charge is 0.329 e. The highest BCUT2D eigenvalue weighted by molar-refractivity contribution is 5.87. The molecule has 1 saturated carbocycles. The van der Waals surface area contributed by atoms with E-state index in [9.17, 15) is 14.7 Å². The van der Waals surface area contributed by atoms with E-state index in [0.717, 1.165) is 32.1 Å². The predicted molar refractivity (Wildman–Crippen MR) is 76.5 cm³/mol. The Kier molecular flexibility index (Phi) is 6.99. The number of rotatable bonds is 8. The summed E-state index contributed by atoms with van der Waals surface area (Å²) in [7, 11) is 0. The number of nitrogens with one attached hydrogen (secondary N) is 1. The Hall–Kier alpha value is -1.10. The van der Waals surface area contributed by atoms with Crippen molar-refractivity contribution in [2.24, 2.45) is 5.92 Å². The zero-order chi connectivity index (χ0) is 15.0. The van der Waals surface area contributed by atoms with Crippen molar-refractivity contribution in [1.29, 1.82) is 0 Å². The Morgan fingerprint density at radius 3 is 2.50 bits per heavy atom. The van der Waals surface area contributed by atoms with Gasteiger partial charge in [0.05, 0.1) is 0 Å². The highest BCUT2D eigenvalue weighted by atomic mass is 16.5. The van der Waals surface area contributed by atoms with Gasteiger partial charge in [-0.05, 0) is 38.0 Å². The molecule has 116 valence electrons. The lowest BCUT2D eigenvalue weighted by atomic mass is 9.77. The molecule has 0 atom stereocenters. The number of carboxylic acid groups (broad SMARTS) is 1. The van der Waals surface area contributed by atoms with Gasteiger partial charge in [0, 0.05) is 6.61 Å². The number of amides is 1. The van der Waals surface area contributed by atoms with Crippen molar-refractivity contribution in [1.82, 2.24) is 5.32 Å². The van der Waals surface area contributed by atoms with Crippen molar-refractivity contribution >= 4 is 11.9 Å². The number of unbranched alkanes of at least 4 members (excludes halogenated alkanes) is 2. The first-order chi connectivity index (χ1) is 9.50.